The first kappa shape index (κ1) is 28.0. The molecule has 0 heterocycles. The van der Waals surface area contributed by atoms with Crippen LogP contribution in [0.1, 0.15) is 116 Å². The van der Waals surface area contributed by atoms with Crippen LogP contribution in [0.25, 0.3) is 10.8 Å². The summed E-state index contributed by atoms with van der Waals surface area (Å²) >= 11 is 0. The number of fused-ring (bicyclic) bond motifs is 6. The van der Waals surface area contributed by atoms with Gasteiger partial charge in [0, 0.05) is 6.42 Å². The molecule has 0 amide bonds. The number of hydrogen-bond donors (Lipinski definition) is 0. The molecule has 8 atom stereocenters. The van der Waals surface area contributed by atoms with Crippen LogP contribution in [0.2, 0.25) is 0 Å². The molecule has 2 aromatic carbocycles. The van der Waals surface area contributed by atoms with Crippen molar-refractivity contribution in [1.29, 1.82) is 0 Å². The van der Waals surface area contributed by atoms with Gasteiger partial charge in [0.05, 0.1) is 5.56 Å². The maximum Gasteiger partial charge on any atom is 0.339 e. The maximum atomic E-state index is 13.3. The minimum Gasteiger partial charge on any atom is -0.458 e. The molecule has 0 radical (unpaired) electrons. The molecule has 2 aromatic rings. The smallest absolute Gasteiger partial charge is 0.339 e. The highest BCUT2D eigenvalue weighted by molar-refractivity contribution is 6.04. The van der Waals surface area contributed by atoms with E-state index < -0.39 is 0 Å². The van der Waals surface area contributed by atoms with E-state index in [2.05, 4.69) is 52.8 Å². The molecule has 0 aromatic heterocycles. The van der Waals surface area contributed by atoms with Gasteiger partial charge in [-0.15, -0.1) is 0 Å². The minimum absolute atomic E-state index is 0.00116. The van der Waals surface area contributed by atoms with Crippen LogP contribution in [0, 0.1) is 46.3 Å². The van der Waals surface area contributed by atoms with Crippen LogP contribution >= 0.6 is 0 Å². The largest absolute Gasteiger partial charge is 0.458 e. The quantitative estimate of drug-likeness (QED) is 0.258. The molecular weight excluding hydrogens is 488 g/mol. The van der Waals surface area contributed by atoms with Gasteiger partial charge in [-0.1, -0.05) is 102 Å². The highest BCUT2D eigenvalue weighted by Crippen LogP contribution is 2.67. The third-order valence-corrected chi connectivity index (χ3v) is 12.5. The van der Waals surface area contributed by atoms with Crippen LogP contribution in [-0.4, -0.2) is 12.1 Å². The first-order valence-corrected chi connectivity index (χ1v) is 16.6. The SMILES string of the molecule is CC(C)CCC[C@@H](C)[C@H]1CC[C@H]2[C@@H]3CC=C4C[C@@H](OC(=O)c5cccc6ccccc56)CC[C@]4(C)[C@H]3CC[C@]12C. The number of benzene rings is 2. The van der Waals surface area contributed by atoms with Gasteiger partial charge < -0.3 is 4.74 Å². The van der Waals surface area contributed by atoms with Crippen LogP contribution < -0.4 is 0 Å². The Morgan fingerprint density at radius 3 is 2.55 bits per heavy atom. The van der Waals surface area contributed by atoms with Gasteiger partial charge in [-0.2, -0.15) is 0 Å². The number of rotatable bonds is 7. The van der Waals surface area contributed by atoms with Crippen LogP contribution in [-0.2, 0) is 4.74 Å². The molecule has 3 fully saturated rings. The summed E-state index contributed by atoms with van der Waals surface area (Å²) in [5.41, 5.74) is 3.11. The van der Waals surface area contributed by atoms with E-state index in [0.717, 1.165) is 65.5 Å². The second-order valence-electron chi connectivity index (χ2n) is 15.1. The number of esters is 1. The fourth-order valence-corrected chi connectivity index (χ4v) is 10.4. The van der Waals surface area contributed by atoms with E-state index in [9.17, 15) is 4.79 Å². The van der Waals surface area contributed by atoms with E-state index >= 15 is 0 Å². The molecule has 6 rings (SSSR count). The van der Waals surface area contributed by atoms with E-state index in [1.54, 1.807) is 5.57 Å². The summed E-state index contributed by atoms with van der Waals surface area (Å²) in [5.74, 6) is 4.98. The zero-order chi connectivity index (χ0) is 28.1. The topological polar surface area (TPSA) is 26.3 Å². The summed E-state index contributed by atoms with van der Waals surface area (Å²) in [7, 11) is 0. The van der Waals surface area contributed by atoms with Crippen LogP contribution in [0.15, 0.2) is 54.1 Å². The normalized spacial score (nSPS) is 36.0. The zero-order valence-corrected chi connectivity index (χ0v) is 25.8. The van der Waals surface area contributed by atoms with Crippen molar-refractivity contribution in [1.82, 2.24) is 0 Å². The Hall–Kier alpha value is -2.09. The first-order valence-electron chi connectivity index (χ1n) is 16.6. The van der Waals surface area contributed by atoms with E-state index in [-0.39, 0.29) is 17.5 Å². The molecule has 216 valence electrons. The highest BCUT2D eigenvalue weighted by atomic mass is 16.5. The number of hydrogen-bond acceptors (Lipinski definition) is 2. The van der Waals surface area contributed by atoms with Gasteiger partial charge >= 0.3 is 5.97 Å². The lowest BCUT2D eigenvalue weighted by molar-refractivity contribution is -0.0594. The molecule has 40 heavy (non-hydrogen) atoms. The lowest BCUT2D eigenvalue weighted by atomic mass is 9.47. The number of carbonyl (C=O) groups is 1. The summed E-state index contributed by atoms with van der Waals surface area (Å²) in [4.78, 5) is 13.3. The monoisotopic (exact) mass is 540 g/mol. The third-order valence-electron chi connectivity index (χ3n) is 12.5. The predicted molar refractivity (Wildman–Crippen MR) is 166 cm³/mol. The average Bonchev–Trinajstić information content (AvgIpc) is 3.30. The summed E-state index contributed by atoms with van der Waals surface area (Å²) in [6.45, 7) is 12.6. The average molecular weight is 541 g/mol. The van der Waals surface area contributed by atoms with Crippen molar-refractivity contribution >= 4 is 16.7 Å². The molecule has 0 unspecified atom stereocenters. The Kier molecular flexibility index (Phi) is 7.68. The molecular formula is C38H52O2. The second-order valence-corrected chi connectivity index (χ2v) is 15.1. The lowest BCUT2D eigenvalue weighted by Gasteiger charge is -2.58. The second kappa shape index (κ2) is 11.0. The maximum absolute atomic E-state index is 13.3. The van der Waals surface area contributed by atoms with Crippen LogP contribution in [0.4, 0.5) is 0 Å². The van der Waals surface area contributed by atoms with Gasteiger partial charge in [0.1, 0.15) is 6.10 Å². The number of ether oxygens (including phenoxy) is 1. The van der Waals surface area contributed by atoms with Crippen molar-refractivity contribution in [2.45, 2.75) is 111 Å². The number of carbonyl (C=O) groups excluding carboxylic acids is 1. The molecule has 2 nitrogen and oxygen atoms in total. The Morgan fingerprint density at radius 2 is 1.73 bits per heavy atom. The lowest BCUT2D eigenvalue weighted by Crippen LogP contribution is -2.51. The molecule has 2 heteroatoms. The van der Waals surface area contributed by atoms with E-state index in [4.69, 9.17) is 4.74 Å². The Bertz CT molecular complexity index is 1250. The fraction of sp³-hybridized carbons (Fsp3) is 0.658. The van der Waals surface area contributed by atoms with Crippen molar-refractivity contribution in [3.63, 3.8) is 0 Å². The van der Waals surface area contributed by atoms with E-state index in [1.807, 2.05) is 30.3 Å². The van der Waals surface area contributed by atoms with Crippen LogP contribution in [0.3, 0.4) is 0 Å². The predicted octanol–water partition coefficient (Wildman–Crippen LogP) is 10.4. The standard InChI is InChI=1S/C38H52O2/c1-25(2)10-8-11-26(3)33-18-19-34-32-17-16-28-24-29(20-22-37(28,4)35(32)21-23-38(33,34)5)40-36(39)31-15-9-13-27-12-6-7-14-30(27)31/h6-7,9,12-16,25-26,29,32-35H,8,10-11,17-24H2,1-5H3/t26-,29+,32+,33-,34+,35+,37+,38-/m1/s1. The summed E-state index contributed by atoms with van der Waals surface area (Å²) < 4.78 is 6.21. The highest BCUT2D eigenvalue weighted by Gasteiger charge is 2.59. The van der Waals surface area contributed by atoms with Crippen molar-refractivity contribution in [2.75, 3.05) is 0 Å². The molecule has 0 spiro atoms. The van der Waals surface area contributed by atoms with Crippen molar-refractivity contribution in [3.8, 4) is 0 Å². The van der Waals surface area contributed by atoms with Crippen molar-refractivity contribution < 1.29 is 9.53 Å². The van der Waals surface area contributed by atoms with Gasteiger partial charge in [0.15, 0.2) is 0 Å². The Labute approximate surface area is 243 Å². The molecule has 4 aliphatic rings. The van der Waals surface area contributed by atoms with Crippen molar-refractivity contribution in [3.05, 3.63) is 59.7 Å². The Balaban J connectivity index is 1.14. The van der Waals surface area contributed by atoms with Gasteiger partial charge in [-0.25, -0.2) is 4.79 Å². The summed E-state index contributed by atoms with van der Waals surface area (Å²) in [6.07, 6.45) is 16.8. The molecule has 0 aliphatic heterocycles. The summed E-state index contributed by atoms with van der Waals surface area (Å²) in [5, 5.41) is 2.09. The van der Waals surface area contributed by atoms with Gasteiger partial charge in [0.2, 0.25) is 0 Å². The van der Waals surface area contributed by atoms with E-state index in [1.165, 1.54) is 51.4 Å². The van der Waals surface area contributed by atoms with E-state index in [0.29, 0.717) is 11.0 Å². The molecule has 0 saturated heterocycles. The van der Waals surface area contributed by atoms with Crippen LogP contribution in [0.5, 0.6) is 0 Å². The molecule has 4 aliphatic carbocycles. The number of allylic oxidation sites excluding steroid dienone is 1. The van der Waals surface area contributed by atoms with Gasteiger partial charge in [0.25, 0.3) is 0 Å². The molecule has 0 bridgehead atoms. The van der Waals surface area contributed by atoms with Gasteiger partial charge in [-0.3, -0.25) is 0 Å². The first-order chi connectivity index (χ1) is 19.2. The fourth-order valence-electron chi connectivity index (χ4n) is 10.4. The molecule has 0 N–H and O–H groups in total. The summed E-state index contributed by atoms with van der Waals surface area (Å²) in [6, 6.07) is 14.1. The zero-order valence-electron chi connectivity index (χ0n) is 25.8. The van der Waals surface area contributed by atoms with Crippen molar-refractivity contribution in [2.24, 2.45) is 46.3 Å². The van der Waals surface area contributed by atoms with Gasteiger partial charge in [-0.05, 0) is 108 Å². The minimum atomic E-state index is -0.160. The molecule has 3 saturated carbocycles. The third kappa shape index (κ3) is 4.86. The Morgan fingerprint density at radius 1 is 0.925 bits per heavy atom.